The minimum Gasteiger partial charge on any atom is -0.461 e. The SMILES string of the molecule is CCC(=O)OC1C(C)CC2C3C(CC[C@@]21C)[C@@]1(C)CC[C@H](S)C=C1C[C@@H]3OC. The van der Waals surface area contributed by atoms with Gasteiger partial charge in [0.2, 0.25) is 0 Å². The zero-order valence-corrected chi connectivity index (χ0v) is 19.1. The van der Waals surface area contributed by atoms with Gasteiger partial charge in [-0.2, -0.15) is 12.6 Å². The van der Waals surface area contributed by atoms with Gasteiger partial charge in [-0.05, 0) is 67.6 Å². The molecule has 0 aliphatic heterocycles. The Kier molecular flexibility index (Phi) is 5.44. The van der Waals surface area contributed by atoms with E-state index in [1.807, 2.05) is 14.0 Å². The van der Waals surface area contributed by atoms with Crippen molar-refractivity contribution in [1.29, 1.82) is 0 Å². The van der Waals surface area contributed by atoms with Gasteiger partial charge in [-0.3, -0.25) is 4.79 Å². The van der Waals surface area contributed by atoms with Crippen LogP contribution in [0.25, 0.3) is 0 Å². The van der Waals surface area contributed by atoms with E-state index in [0.29, 0.717) is 40.8 Å². The van der Waals surface area contributed by atoms with Gasteiger partial charge < -0.3 is 9.47 Å². The van der Waals surface area contributed by atoms with E-state index >= 15 is 0 Å². The molecule has 3 nitrogen and oxygen atoms in total. The third-order valence-electron chi connectivity index (χ3n) is 9.17. The quantitative estimate of drug-likeness (QED) is 0.385. The number of esters is 1. The Morgan fingerprint density at radius 2 is 2.00 bits per heavy atom. The first kappa shape index (κ1) is 20.8. The largest absolute Gasteiger partial charge is 0.461 e. The maximum Gasteiger partial charge on any atom is 0.305 e. The molecule has 0 saturated heterocycles. The van der Waals surface area contributed by atoms with Gasteiger partial charge in [-0.15, -0.1) is 0 Å². The van der Waals surface area contributed by atoms with Crippen molar-refractivity contribution in [2.24, 2.45) is 34.5 Å². The number of carbonyl (C=O) groups is 1. The van der Waals surface area contributed by atoms with Gasteiger partial charge in [0.05, 0.1) is 6.10 Å². The highest BCUT2D eigenvalue weighted by atomic mass is 32.1. The lowest BCUT2D eigenvalue weighted by atomic mass is 9.46. The van der Waals surface area contributed by atoms with E-state index in [1.165, 1.54) is 19.3 Å². The minimum atomic E-state index is -0.0444. The predicted octanol–water partition coefficient (Wildman–Crippen LogP) is 5.44. The van der Waals surface area contributed by atoms with Crippen molar-refractivity contribution in [1.82, 2.24) is 0 Å². The number of carbonyl (C=O) groups excluding carboxylic acids is 1. The van der Waals surface area contributed by atoms with Crippen LogP contribution >= 0.6 is 12.6 Å². The molecule has 3 saturated carbocycles. The van der Waals surface area contributed by atoms with Crippen LogP contribution < -0.4 is 0 Å². The summed E-state index contributed by atoms with van der Waals surface area (Å²) in [5, 5.41) is 0.398. The van der Waals surface area contributed by atoms with Crippen molar-refractivity contribution in [3.63, 3.8) is 0 Å². The van der Waals surface area contributed by atoms with Crippen LogP contribution in [-0.4, -0.2) is 30.5 Å². The van der Waals surface area contributed by atoms with Crippen LogP contribution in [0.1, 0.15) is 72.6 Å². The van der Waals surface area contributed by atoms with Crippen LogP contribution in [0.3, 0.4) is 0 Å². The monoisotopic (exact) mass is 406 g/mol. The van der Waals surface area contributed by atoms with E-state index in [4.69, 9.17) is 22.1 Å². The number of hydrogen-bond acceptors (Lipinski definition) is 4. The fourth-order valence-corrected chi connectivity index (χ4v) is 8.00. The molecule has 0 aromatic heterocycles. The summed E-state index contributed by atoms with van der Waals surface area (Å²) in [5.41, 5.74) is 1.97. The minimum absolute atomic E-state index is 0.0444. The topological polar surface area (TPSA) is 35.5 Å². The Labute approximate surface area is 176 Å². The Balaban J connectivity index is 1.69. The average molecular weight is 407 g/mol. The highest BCUT2D eigenvalue weighted by Gasteiger charge is 2.63. The molecule has 0 radical (unpaired) electrons. The molecule has 4 heteroatoms. The summed E-state index contributed by atoms with van der Waals surface area (Å²) in [6, 6.07) is 0. The zero-order chi connectivity index (χ0) is 20.3. The average Bonchev–Trinajstić information content (AvgIpc) is 2.92. The normalized spacial score (nSPS) is 50.2. The second-order valence-corrected chi connectivity index (χ2v) is 11.2. The van der Waals surface area contributed by atoms with Crippen LogP contribution in [0.5, 0.6) is 0 Å². The van der Waals surface area contributed by atoms with Gasteiger partial charge >= 0.3 is 5.97 Å². The van der Waals surface area contributed by atoms with Crippen LogP contribution in [0, 0.1) is 34.5 Å². The highest BCUT2D eigenvalue weighted by molar-refractivity contribution is 7.81. The Morgan fingerprint density at radius 1 is 1.25 bits per heavy atom. The second-order valence-electron chi connectivity index (χ2n) is 10.5. The third-order valence-corrected chi connectivity index (χ3v) is 9.58. The predicted molar refractivity (Wildman–Crippen MR) is 115 cm³/mol. The van der Waals surface area contributed by atoms with Crippen molar-refractivity contribution < 1.29 is 14.3 Å². The molecular formula is C24H38O3S. The van der Waals surface area contributed by atoms with Crippen LogP contribution in [0.4, 0.5) is 0 Å². The third kappa shape index (κ3) is 3.00. The van der Waals surface area contributed by atoms with Gasteiger partial charge in [-0.1, -0.05) is 39.3 Å². The van der Waals surface area contributed by atoms with E-state index < -0.39 is 0 Å². The first-order valence-corrected chi connectivity index (χ1v) is 11.9. The first-order chi connectivity index (χ1) is 13.2. The maximum absolute atomic E-state index is 12.1. The van der Waals surface area contributed by atoms with Gasteiger partial charge in [0.15, 0.2) is 0 Å². The molecular weight excluding hydrogens is 368 g/mol. The second kappa shape index (κ2) is 7.34. The van der Waals surface area contributed by atoms with E-state index in [0.717, 1.165) is 19.3 Å². The molecule has 0 aromatic carbocycles. The molecule has 3 fully saturated rings. The zero-order valence-electron chi connectivity index (χ0n) is 18.2. The summed E-state index contributed by atoms with van der Waals surface area (Å²) >= 11 is 4.76. The van der Waals surface area contributed by atoms with Crippen LogP contribution in [-0.2, 0) is 14.3 Å². The molecule has 28 heavy (non-hydrogen) atoms. The molecule has 4 aliphatic carbocycles. The maximum atomic E-state index is 12.1. The summed E-state index contributed by atoms with van der Waals surface area (Å²) < 4.78 is 12.2. The van der Waals surface area contributed by atoms with E-state index in [2.05, 4.69) is 26.8 Å². The van der Waals surface area contributed by atoms with Crippen molar-refractivity contribution in [2.45, 2.75) is 90.1 Å². The molecule has 158 valence electrons. The van der Waals surface area contributed by atoms with Gasteiger partial charge in [0, 0.05) is 24.2 Å². The fraction of sp³-hybridized carbons (Fsp3) is 0.875. The summed E-state index contributed by atoms with van der Waals surface area (Å²) in [6.07, 6.45) is 10.2. The smallest absolute Gasteiger partial charge is 0.305 e. The molecule has 0 aromatic rings. The van der Waals surface area contributed by atoms with Crippen LogP contribution in [0.2, 0.25) is 0 Å². The molecule has 5 unspecified atom stereocenters. The summed E-state index contributed by atoms with van der Waals surface area (Å²) in [7, 11) is 1.89. The fourth-order valence-electron chi connectivity index (χ4n) is 7.69. The number of rotatable bonds is 3. The number of hydrogen-bond donors (Lipinski definition) is 1. The number of fused-ring (bicyclic) bond motifs is 5. The molecule has 0 N–H and O–H groups in total. The molecule has 4 aliphatic rings. The van der Waals surface area contributed by atoms with Crippen molar-refractivity contribution in [3.8, 4) is 0 Å². The Morgan fingerprint density at radius 3 is 2.68 bits per heavy atom. The Hall–Kier alpha value is -0.480. The van der Waals surface area contributed by atoms with Gasteiger partial charge in [-0.25, -0.2) is 0 Å². The lowest BCUT2D eigenvalue weighted by Gasteiger charge is -2.60. The highest BCUT2D eigenvalue weighted by Crippen LogP contribution is 2.67. The van der Waals surface area contributed by atoms with Crippen molar-refractivity contribution in [2.75, 3.05) is 7.11 Å². The van der Waals surface area contributed by atoms with E-state index in [9.17, 15) is 4.79 Å². The number of ether oxygens (including phenoxy) is 2. The van der Waals surface area contributed by atoms with E-state index in [1.54, 1.807) is 5.57 Å². The molecule has 4 rings (SSSR count). The molecule has 0 amide bonds. The standard InChI is InChI=1S/C24H38O3S/c1-6-20(25)27-22-14(2)11-18-21-17(8-10-24(18,22)4)23(3)9-7-16(28)12-15(23)13-19(21)26-5/h12,14,16-19,21-22,28H,6-11,13H2,1-5H3/t14?,16-,17?,18?,19-,21?,22?,23-,24-/m0/s1. The van der Waals surface area contributed by atoms with Gasteiger partial charge in [0.25, 0.3) is 0 Å². The summed E-state index contributed by atoms with van der Waals surface area (Å²) in [4.78, 5) is 12.1. The number of methoxy groups -OCH3 is 1. The molecule has 0 heterocycles. The molecule has 9 atom stereocenters. The van der Waals surface area contributed by atoms with Gasteiger partial charge in [0.1, 0.15) is 6.10 Å². The van der Waals surface area contributed by atoms with Crippen molar-refractivity contribution >= 4 is 18.6 Å². The summed E-state index contributed by atoms with van der Waals surface area (Å²) in [6.45, 7) is 9.09. The molecule has 0 spiro atoms. The van der Waals surface area contributed by atoms with Crippen LogP contribution in [0.15, 0.2) is 11.6 Å². The van der Waals surface area contributed by atoms with E-state index in [-0.39, 0.29) is 23.6 Å². The van der Waals surface area contributed by atoms with Crippen molar-refractivity contribution in [3.05, 3.63) is 11.6 Å². The lowest BCUT2D eigenvalue weighted by molar-refractivity contribution is -0.167. The Bertz CT molecular complexity index is 660. The molecule has 0 bridgehead atoms. The lowest BCUT2D eigenvalue weighted by Crippen LogP contribution is -2.56. The first-order valence-electron chi connectivity index (χ1n) is 11.4. The number of thiol groups is 1. The summed E-state index contributed by atoms with van der Waals surface area (Å²) in [5.74, 6) is 2.20.